The third kappa shape index (κ3) is 3.64. The molecule has 1 heterocycles. The molecule has 1 rings (SSSR count). The minimum Gasteiger partial charge on any atom is -0.261 e. The van der Waals surface area contributed by atoms with Crippen LogP contribution < -0.4 is 0 Å². The Kier molecular flexibility index (Phi) is 4.69. The average molecular weight is 124 g/mol. The van der Waals surface area contributed by atoms with Crippen LogP contribution in [-0.4, -0.2) is 9.97 Å². The maximum absolute atomic E-state index is 3.92. The van der Waals surface area contributed by atoms with Crippen LogP contribution in [0.4, 0.5) is 0 Å². The van der Waals surface area contributed by atoms with E-state index in [9.17, 15) is 0 Å². The predicted octanol–water partition coefficient (Wildman–Crippen LogP) is 1.81. The third-order valence-corrected chi connectivity index (χ3v) is 0.692. The number of hydrogen-bond acceptors (Lipinski definition) is 2. The molecule has 0 aliphatic rings. The topological polar surface area (TPSA) is 25.8 Å². The summed E-state index contributed by atoms with van der Waals surface area (Å²) >= 11 is 0. The van der Waals surface area contributed by atoms with Crippen molar-refractivity contribution >= 4 is 0 Å². The second-order valence-corrected chi connectivity index (χ2v) is 1.35. The molecule has 1 aromatic rings. The van der Waals surface area contributed by atoms with Crippen LogP contribution in [0.15, 0.2) is 18.6 Å². The fourth-order valence-corrected chi connectivity index (χ4v) is 0.374. The van der Waals surface area contributed by atoms with Gasteiger partial charge < -0.3 is 0 Å². The van der Waals surface area contributed by atoms with Crippen LogP contribution in [0.25, 0.3) is 0 Å². The first kappa shape index (κ1) is 8.08. The monoisotopic (exact) mass is 124 g/mol. The summed E-state index contributed by atoms with van der Waals surface area (Å²) < 4.78 is 0. The second kappa shape index (κ2) is 5.22. The molecule has 0 radical (unpaired) electrons. The summed E-state index contributed by atoms with van der Waals surface area (Å²) in [7, 11) is 0. The van der Waals surface area contributed by atoms with Gasteiger partial charge in [0, 0.05) is 18.6 Å². The van der Waals surface area contributed by atoms with Crippen molar-refractivity contribution in [1.29, 1.82) is 0 Å². The van der Waals surface area contributed by atoms with Crippen molar-refractivity contribution in [2.45, 2.75) is 20.8 Å². The van der Waals surface area contributed by atoms with E-state index in [1.54, 1.807) is 18.6 Å². The normalized spacial score (nSPS) is 7.44. The SMILES string of the molecule is CC.Cc1cnccn1. The van der Waals surface area contributed by atoms with Crippen molar-refractivity contribution in [3.63, 3.8) is 0 Å². The number of rotatable bonds is 0. The predicted molar refractivity (Wildman–Crippen MR) is 38.1 cm³/mol. The van der Waals surface area contributed by atoms with Gasteiger partial charge in [0.2, 0.25) is 0 Å². The standard InChI is InChI=1S/C5H6N2.C2H6/c1-5-4-6-2-3-7-5;1-2/h2-4H,1H3;1-2H3. The summed E-state index contributed by atoms with van der Waals surface area (Å²) in [5.74, 6) is 0. The minimum atomic E-state index is 0.961. The minimum absolute atomic E-state index is 0.961. The molecule has 0 atom stereocenters. The highest BCUT2D eigenvalue weighted by atomic mass is 14.7. The van der Waals surface area contributed by atoms with Gasteiger partial charge in [-0.25, -0.2) is 0 Å². The van der Waals surface area contributed by atoms with Crippen LogP contribution in [-0.2, 0) is 0 Å². The lowest BCUT2D eigenvalue weighted by Crippen LogP contribution is -1.77. The molecule has 0 unspecified atom stereocenters. The first-order valence-electron chi connectivity index (χ1n) is 3.12. The Morgan fingerprint density at radius 3 is 2.11 bits per heavy atom. The third-order valence-electron chi connectivity index (χ3n) is 0.692. The van der Waals surface area contributed by atoms with E-state index in [4.69, 9.17) is 0 Å². The maximum Gasteiger partial charge on any atom is 0.0555 e. The molecule has 1 aromatic heterocycles. The van der Waals surface area contributed by atoms with Gasteiger partial charge in [-0.15, -0.1) is 0 Å². The van der Waals surface area contributed by atoms with Crippen molar-refractivity contribution < 1.29 is 0 Å². The fourth-order valence-electron chi connectivity index (χ4n) is 0.374. The van der Waals surface area contributed by atoms with Crippen molar-refractivity contribution in [3.8, 4) is 0 Å². The zero-order valence-electron chi connectivity index (χ0n) is 6.13. The summed E-state index contributed by atoms with van der Waals surface area (Å²) in [6, 6.07) is 0. The first-order valence-corrected chi connectivity index (χ1v) is 3.12. The highest BCUT2D eigenvalue weighted by molar-refractivity contribution is 4.88. The molecule has 0 saturated carbocycles. The van der Waals surface area contributed by atoms with Gasteiger partial charge in [-0.3, -0.25) is 9.97 Å². The molecule has 0 aromatic carbocycles. The van der Waals surface area contributed by atoms with Gasteiger partial charge >= 0.3 is 0 Å². The summed E-state index contributed by atoms with van der Waals surface area (Å²) in [5, 5.41) is 0. The summed E-state index contributed by atoms with van der Waals surface area (Å²) in [4.78, 5) is 7.74. The van der Waals surface area contributed by atoms with Crippen LogP contribution in [0.5, 0.6) is 0 Å². The molecule has 0 amide bonds. The maximum atomic E-state index is 3.92. The van der Waals surface area contributed by atoms with Gasteiger partial charge in [-0.2, -0.15) is 0 Å². The van der Waals surface area contributed by atoms with E-state index in [2.05, 4.69) is 9.97 Å². The van der Waals surface area contributed by atoms with E-state index < -0.39 is 0 Å². The van der Waals surface area contributed by atoms with Gasteiger partial charge in [-0.05, 0) is 6.92 Å². The average Bonchev–Trinajstić information content (AvgIpc) is 1.94. The Morgan fingerprint density at radius 1 is 1.22 bits per heavy atom. The zero-order valence-corrected chi connectivity index (χ0v) is 6.13. The Bertz CT molecular complexity index is 137. The van der Waals surface area contributed by atoms with Crippen LogP contribution in [0.3, 0.4) is 0 Å². The van der Waals surface area contributed by atoms with Crippen LogP contribution >= 0.6 is 0 Å². The van der Waals surface area contributed by atoms with Gasteiger partial charge in [0.25, 0.3) is 0 Å². The molecule has 2 nitrogen and oxygen atoms in total. The van der Waals surface area contributed by atoms with Crippen molar-refractivity contribution in [1.82, 2.24) is 9.97 Å². The zero-order chi connectivity index (χ0) is 7.11. The highest BCUT2D eigenvalue weighted by Crippen LogP contribution is 1.81. The molecule has 0 N–H and O–H groups in total. The number of nitrogens with zero attached hydrogens (tertiary/aromatic N) is 2. The van der Waals surface area contributed by atoms with Crippen molar-refractivity contribution in [2.24, 2.45) is 0 Å². The fraction of sp³-hybridized carbons (Fsp3) is 0.429. The number of aromatic nitrogens is 2. The van der Waals surface area contributed by atoms with Gasteiger partial charge in [-0.1, -0.05) is 13.8 Å². The van der Waals surface area contributed by atoms with E-state index in [1.807, 2.05) is 20.8 Å². The van der Waals surface area contributed by atoms with E-state index in [0.717, 1.165) is 5.69 Å². The summed E-state index contributed by atoms with van der Waals surface area (Å²) in [6.07, 6.45) is 5.06. The molecule has 2 heteroatoms. The molecule has 9 heavy (non-hydrogen) atoms. The molecular formula is C7H12N2. The van der Waals surface area contributed by atoms with Gasteiger partial charge in [0.05, 0.1) is 5.69 Å². The molecule has 0 bridgehead atoms. The lowest BCUT2D eigenvalue weighted by molar-refractivity contribution is 1.12. The summed E-state index contributed by atoms with van der Waals surface area (Å²) in [5.41, 5.74) is 0.961. The molecular weight excluding hydrogens is 112 g/mol. The molecule has 0 fully saturated rings. The van der Waals surface area contributed by atoms with Crippen LogP contribution in [0.2, 0.25) is 0 Å². The smallest absolute Gasteiger partial charge is 0.0555 e. The lowest BCUT2D eigenvalue weighted by Gasteiger charge is -1.81. The van der Waals surface area contributed by atoms with Gasteiger partial charge in [0.1, 0.15) is 0 Å². The molecule has 0 saturated heterocycles. The molecule has 0 spiro atoms. The lowest BCUT2D eigenvalue weighted by atomic mass is 10.5. The highest BCUT2D eigenvalue weighted by Gasteiger charge is 1.74. The van der Waals surface area contributed by atoms with Crippen molar-refractivity contribution in [2.75, 3.05) is 0 Å². The Labute approximate surface area is 56.0 Å². The summed E-state index contributed by atoms with van der Waals surface area (Å²) in [6.45, 7) is 5.91. The van der Waals surface area contributed by atoms with E-state index in [0.29, 0.717) is 0 Å². The van der Waals surface area contributed by atoms with E-state index in [1.165, 1.54) is 0 Å². The molecule has 50 valence electrons. The van der Waals surface area contributed by atoms with E-state index >= 15 is 0 Å². The number of aryl methyl sites for hydroxylation is 1. The van der Waals surface area contributed by atoms with Crippen LogP contribution in [0.1, 0.15) is 19.5 Å². The van der Waals surface area contributed by atoms with Crippen LogP contribution in [0, 0.1) is 6.92 Å². The Balaban J connectivity index is 0.000000291. The Hall–Kier alpha value is -0.920. The molecule has 0 aliphatic carbocycles. The second-order valence-electron chi connectivity index (χ2n) is 1.35. The number of hydrogen-bond donors (Lipinski definition) is 0. The Morgan fingerprint density at radius 2 is 1.89 bits per heavy atom. The van der Waals surface area contributed by atoms with E-state index in [-0.39, 0.29) is 0 Å². The van der Waals surface area contributed by atoms with Gasteiger partial charge in [0.15, 0.2) is 0 Å². The largest absolute Gasteiger partial charge is 0.261 e. The molecule has 0 aliphatic heterocycles. The quantitative estimate of drug-likeness (QED) is 0.527. The van der Waals surface area contributed by atoms with Crippen molar-refractivity contribution in [3.05, 3.63) is 24.3 Å². The first-order chi connectivity index (χ1) is 4.39.